The summed E-state index contributed by atoms with van der Waals surface area (Å²) in [6.07, 6.45) is 1.54. The van der Waals surface area contributed by atoms with Gasteiger partial charge in [-0.1, -0.05) is 24.3 Å². The predicted molar refractivity (Wildman–Crippen MR) is 107 cm³/mol. The second-order valence-corrected chi connectivity index (χ2v) is 8.53. The van der Waals surface area contributed by atoms with E-state index in [2.05, 4.69) is 15.4 Å². The van der Waals surface area contributed by atoms with Gasteiger partial charge in [-0.05, 0) is 48.2 Å². The smallest absolute Gasteiger partial charge is 0.243 e. The topological polar surface area (TPSA) is 87.3 Å². The second kappa shape index (κ2) is 8.16. The molecule has 0 aliphatic carbocycles. The predicted octanol–water partition coefficient (Wildman–Crippen LogP) is 2.30. The summed E-state index contributed by atoms with van der Waals surface area (Å²) >= 11 is 0. The number of halogens is 2. The van der Waals surface area contributed by atoms with Crippen molar-refractivity contribution in [2.24, 2.45) is 0 Å². The Balaban J connectivity index is 0.00000225. The number of fused-ring (bicyclic) bond motifs is 2. The van der Waals surface area contributed by atoms with E-state index in [1.54, 1.807) is 0 Å². The Hall–Kier alpha value is -2.00. The average Bonchev–Trinajstić information content (AvgIpc) is 2.65. The maximum Gasteiger partial charge on any atom is 0.243 e. The maximum absolute atomic E-state index is 14.4. The van der Waals surface area contributed by atoms with Crippen molar-refractivity contribution in [2.45, 2.75) is 30.2 Å². The first-order valence-corrected chi connectivity index (χ1v) is 10.4. The Morgan fingerprint density at radius 3 is 2.71 bits per heavy atom. The molecule has 0 radical (unpaired) electrons. The molecule has 0 saturated carbocycles. The minimum absolute atomic E-state index is 0. The highest BCUT2D eigenvalue weighted by Crippen LogP contribution is 2.28. The molecule has 9 heteroatoms. The highest BCUT2D eigenvalue weighted by molar-refractivity contribution is 7.89. The van der Waals surface area contributed by atoms with Crippen LogP contribution in [0.25, 0.3) is 0 Å². The molecule has 1 unspecified atom stereocenters. The Bertz CT molecular complexity index is 1010. The van der Waals surface area contributed by atoms with Crippen LogP contribution in [0.15, 0.2) is 41.3 Å². The number of aryl methyl sites for hydroxylation is 1. The molecule has 0 bridgehead atoms. The lowest BCUT2D eigenvalue weighted by atomic mass is 9.95. The number of rotatable bonds is 4. The van der Waals surface area contributed by atoms with Crippen molar-refractivity contribution in [3.05, 3.63) is 58.9 Å². The zero-order chi connectivity index (χ0) is 19.0. The van der Waals surface area contributed by atoms with E-state index in [1.807, 2.05) is 24.3 Å². The van der Waals surface area contributed by atoms with Gasteiger partial charge in [-0.2, -0.15) is 0 Å². The summed E-state index contributed by atoms with van der Waals surface area (Å²) in [7, 11) is -4.02. The summed E-state index contributed by atoms with van der Waals surface area (Å²) < 4.78 is 42.3. The maximum atomic E-state index is 14.4. The van der Waals surface area contributed by atoms with Crippen LogP contribution < -0.4 is 15.4 Å². The van der Waals surface area contributed by atoms with Crippen molar-refractivity contribution < 1.29 is 17.6 Å². The fraction of sp³-hybridized carbons (Fsp3) is 0.316. The summed E-state index contributed by atoms with van der Waals surface area (Å²) in [5.74, 6) is -1.07. The van der Waals surface area contributed by atoms with Gasteiger partial charge in [-0.25, -0.2) is 17.5 Å². The standard InChI is InChI=1S/C19H20FN3O3S.ClH/c20-15-10-16-13(5-6-19(24)23-16)9-18(15)27(25,26)22-11-17-14-4-2-1-3-12(14)7-8-21-17;/h1-4,9-10,17,21-22H,5-8,11H2,(H,23,24);1H. The number of anilines is 1. The fourth-order valence-electron chi connectivity index (χ4n) is 3.63. The van der Waals surface area contributed by atoms with Crippen LogP contribution in [0.3, 0.4) is 0 Å². The van der Waals surface area contributed by atoms with Crippen LogP contribution >= 0.6 is 12.4 Å². The molecule has 2 aromatic carbocycles. The number of hydrogen-bond donors (Lipinski definition) is 3. The molecule has 0 fully saturated rings. The molecule has 1 atom stereocenters. The van der Waals surface area contributed by atoms with E-state index in [0.29, 0.717) is 17.7 Å². The summed E-state index contributed by atoms with van der Waals surface area (Å²) in [5.41, 5.74) is 3.21. The molecule has 6 nitrogen and oxygen atoms in total. The van der Waals surface area contributed by atoms with E-state index in [-0.39, 0.29) is 42.2 Å². The van der Waals surface area contributed by atoms with Gasteiger partial charge in [0.05, 0.1) is 0 Å². The first-order valence-electron chi connectivity index (χ1n) is 8.87. The molecule has 2 aliphatic heterocycles. The number of hydrogen-bond acceptors (Lipinski definition) is 4. The molecule has 3 N–H and O–H groups in total. The number of carbonyl (C=O) groups is 1. The number of nitrogens with one attached hydrogen (secondary N) is 3. The molecule has 0 aromatic heterocycles. The normalized spacial score (nSPS) is 18.5. The highest BCUT2D eigenvalue weighted by atomic mass is 35.5. The molecular weight excluding hydrogens is 405 g/mol. The molecular formula is C19H21ClFN3O3S. The SMILES string of the molecule is Cl.O=C1CCc2cc(S(=O)(=O)NCC3NCCc4ccccc43)c(F)cc2N1. The minimum atomic E-state index is -4.02. The van der Waals surface area contributed by atoms with E-state index in [1.165, 1.54) is 11.6 Å². The number of benzene rings is 2. The average molecular weight is 426 g/mol. The lowest BCUT2D eigenvalue weighted by Gasteiger charge is -2.27. The van der Waals surface area contributed by atoms with E-state index < -0.39 is 15.8 Å². The minimum Gasteiger partial charge on any atom is -0.326 e. The van der Waals surface area contributed by atoms with Gasteiger partial charge in [-0.3, -0.25) is 4.79 Å². The van der Waals surface area contributed by atoms with Gasteiger partial charge in [0.15, 0.2) is 0 Å². The lowest BCUT2D eigenvalue weighted by Crippen LogP contribution is -2.39. The first-order chi connectivity index (χ1) is 12.9. The van der Waals surface area contributed by atoms with Gasteiger partial charge < -0.3 is 10.6 Å². The third-order valence-corrected chi connectivity index (χ3v) is 6.47. The first kappa shape index (κ1) is 20.7. The monoisotopic (exact) mass is 425 g/mol. The Morgan fingerprint density at radius 2 is 1.89 bits per heavy atom. The van der Waals surface area contributed by atoms with E-state index in [9.17, 15) is 17.6 Å². The van der Waals surface area contributed by atoms with Crippen molar-refractivity contribution >= 4 is 34.0 Å². The molecule has 150 valence electrons. The largest absolute Gasteiger partial charge is 0.326 e. The summed E-state index contributed by atoms with van der Waals surface area (Å²) in [6, 6.07) is 10.1. The lowest BCUT2D eigenvalue weighted by molar-refractivity contribution is -0.116. The molecule has 4 rings (SSSR count). The van der Waals surface area contributed by atoms with Crippen LogP contribution in [-0.4, -0.2) is 27.4 Å². The van der Waals surface area contributed by atoms with Gasteiger partial charge in [-0.15, -0.1) is 12.4 Å². The van der Waals surface area contributed by atoms with Crippen LogP contribution in [0.5, 0.6) is 0 Å². The van der Waals surface area contributed by atoms with Gasteiger partial charge in [0, 0.05) is 24.7 Å². The zero-order valence-corrected chi connectivity index (χ0v) is 16.6. The summed E-state index contributed by atoms with van der Waals surface area (Å²) in [6.45, 7) is 0.892. The number of amides is 1. The van der Waals surface area contributed by atoms with Crippen LogP contribution in [0.2, 0.25) is 0 Å². The van der Waals surface area contributed by atoms with E-state index in [4.69, 9.17) is 0 Å². The second-order valence-electron chi connectivity index (χ2n) is 6.80. The van der Waals surface area contributed by atoms with Crippen molar-refractivity contribution in [1.29, 1.82) is 0 Å². The summed E-state index contributed by atoms with van der Waals surface area (Å²) in [4.78, 5) is 11.0. The quantitative estimate of drug-likeness (QED) is 0.701. The van der Waals surface area contributed by atoms with Crippen LogP contribution in [0, 0.1) is 5.82 Å². The molecule has 0 spiro atoms. The van der Waals surface area contributed by atoms with Gasteiger partial charge in [0.25, 0.3) is 0 Å². The number of sulfonamides is 1. The zero-order valence-electron chi connectivity index (χ0n) is 15.0. The Morgan fingerprint density at radius 1 is 1.11 bits per heavy atom. The van der Waals surface area contributed by atoms with Crippen LogP contribution in [0.1, 0.15) is 29.2 Å². The molecule has 2 heterocycles. The van der Waals surface area contributed by atoms with E-state index in [0.717, 1.165) is 24.6 Å². The third-order valence-electron chi connectivity index (χ3n) is 5.04. The van der Waals surface area contributed by atoms with E-state index >= 15 is 0 Å². The Labute approximate surface area is 169 Å². The van der Waals surface area contributed by atoms with Gasteiger partial charge in [0.1, 0.15) is 10.7 Å². The van der Waals surface area contributed by atoms with Gasteiger partial charge >= 0.3 is 0 Å². The Kier molecular flexibility index (Phi) is 6.04. The van der Waals surface area contributed by atoms with Crippen LogP contribution in [0.4, 0.5) is 10.1 Å². The molecule has 1 amide bonds. The van der Waals surface area contributed by atoms with Crippen molar-refractivity contribution in [1.82, 2.24) is 10.0 Å². The molecule has 2 aromatic rings. The molecule has 28 heavy (non-hydrogen) atoms. The fourth-order valence-corrected chi connectivity index (χ4v) is 4.79. The molecule has 2 aliphatic rings. The summed E-state index contributed by atoms with van der Waals surface area (Å²) in [5, 5.41) is 5.87. The highest BCUT2D eigenvalue weighted by Gasteiger charge is 2.26. The number of carbonyl (C=O) groups excluding carboxylic acids is 1. The van der Waals surface area contributed by atoms with Crippen LogP contribution in [-0.2, 0) is 27.7 Å². The third kappa shape index (κ3) is 4.05. The van der Waals surface area contributed by atoms with Crippen molar-refractivity contribution in [3.8, 4) is 0 Å². The van der Waals surface area contributed by atoms with Crippen molar-refractivity contribution in [2.75, 3.05) is 18.4 Å². The molecule has 0 saturated heterocycles. The van der Waals surface area contributed by atoms with Crippen molar-refractivity contribution in [3.63, 3.8) is 0 Å². The van der Waals surface area contributed by atoms with Gasteiger partial charge in [0.2, 0.25) is 15.9 Å².